The molecular weight excluding hydrogens is 326 g/mol. The molecule has 1 aromatic carbocycles. The van der Waals surface area contributed by atoms with Crippen LogP contribution in [0.15, 0.2) is 35.7 Å². The molecule has 0 spiro atoms. The highest BCUT2D eigenvalue weighted by Crippen LogP contribution is 2.40. The Kier molecular flexibility index (Phi) is 3.25. The molecule has 2 atom stereocenters. The molecule has 0 aromatic heterocycles. The molecule has 4 rings (SSSR count). The standard InChI is InChI=1S/C17H13N3O5/c1-9-14(20-12(8-13(20)21)19(9)7-6-18)16(23)25-17-11-5-3-2-4-10(11)15(22)24-17/h2-5,12,17H,7-8H2,1H3/t12-,17?/m0/s1. The normalized spacial score (nSPS) is 23.7. The first-order valence-corrected chi connectivity index (χ1v) is 7.70. The summed E-state index contributed by atoms with van der Waals surface area (Å²) in [5.41, 5.74) is 1.41. The fourth-order valence-corrected chi connectivity index (χ4v) is 3.36. The maximum Gasteiger partial charge on any atom is 0.360 e. The lowest BCUT2D eigenvalue weighted by Gasteiger charge is -2.39. The summed E-state index contributed by atoms with van der Waals surface area (Å²) in [6.07, 6.45) is -1.22. The van der Waals surface area contributed by atoms with E-state index in [0.717, 1.165) is 0 Å². The van der Waals surface area contributed by atoms with Crippen molar-refractivity contribution in [1.82, 2.24) is 9.80 Å². The number of fused-ring (bicyclic) bond motifs is 2. The predicted molar refractivity (Wildman–Crippen MR) is 81.0 cm³/mol. The lowest BCUT2D eigenvalue weighted by Crippen LogP contribution is -2.55. The van der Waals surface area contributed by atoms with E-state index in [4.69, 9.17) is 14.7 Å². The Morgan fingerprint density at radius 2 is 2.16 bits per heavy atom. The second kappa shape index (κ2) is 5.34. The number of hydrogen-bond acceptors (Lipinski definition) is 7. The molecule has 1 amide bonds. The lowest BCUT2D eigenvalue weighted by atomic mass is 10.1. The molecule has 1 saturated heterocycles. The maximum atomic E-state index is 12.6. The number of amides is 1. The summed E-state index contributed by atoms with van der Waals surface area (Å²) in [6.45, 7) is 1.73. The van der Waals surface area contributed by atoms with Gasteiger partial charge in [0.2, 0.25) is 5.91 Å². The highest BCUT2D eigenvalue weighted by atomic mass is 16.7. The second-order valence-electron chi connectivity index (χ2n) is 5.90. The molecule has 0 bridgehead atoms. The average Bonchev–Trinajstić information content (AvgIpc) is 3.02. The van der Waals surface area contributed by atoms with Crippen molar-refractivity contribution in [2.45, 2.75) is 25.8 Å². The molecule has 3 aliphatic rings. The first kappa shape index (κ1) is 15.2. The number of cyclic esters (lactones) is 1. The van der Waals surface area contributed by atoms with Crippen molar-refractivity contribution in [1.29, 1.82) is 5.26 Å². The van der Waals surface area contributed by atoms with Crippen molar-refractivity contribution >= 4 is 17.8 Å². The minimum absolute atomic E-state index is 0.0678. The molecule has 1 unspecified atom stereocenters. The Bertz CT molecular complexity index is 885. The van der Waals surface area contributed by atoms with Gasteiger partial charge in [-0.15, -0.1) is 0 Å². The van der Waals surface area contributed by atoms with Crippen molar-refractivity contribution < 1.29 is 23.9 Å². The SMILES string of the molecule is CC1=C(C(=O)OC2OC(=O)c3ccccc32)N2C(=O)C[C@H]2N1CC#N. The van der Waals surface area contributed by atoms with Crippen molar-refractivity contribution in [3.8, 4) is 6.07 Å². The molecule has 0 N–H and O–H groups in total. The molecular formula is C17H13N3O5. The first-order valence-electron chi connectivity index (χ1n) is 7.70. The summed E-state index contributed by atoms with van der Waals surface area (Å²) >= 11 is 0. The van der Waals surface area contributed by atoms with Crippen LogP contribution in [-0.2, 0) is 19.1 Å². The Morgan fingerprint density at radius 3 is 2.88 bits per heavy atom. The molecule has 0 aliphatic carbocycles. The van der Waals surface area contributed by atoms with Crippen LogP contribution in [-0.4, -0.2) is 40.4 Å². The number of esters is 2. The average molecular weight is 339 g/mol. The molecule has 3 heterocycles. The summed E-state index contributed by atoms with van der Waals surface area (Å²) in [6, 6.07) is 8.67. The van der Waals surface area contributed by atoms with Gasteiger partial charge in [0.25, 0.3) is 6.29 Å². The van der Waals surface area contributed by atoms with Crippen molar-refractivity contribution in [2.24, 2.45) is 0 Å². The van der Waals surface area contributed by atoms with Crippen LogP contribution < -0.4 is 0 Å². The summed E-state index contributed by atoms with van der Waals surface area (Å²) in [4.78, 5) is 39.4. The minimum Gasteiger partial charge on any atom is -0.417 e. The number of nitrogens with zero attached hydrogens (tertiary/aromatic N) is 3. The van der Waals surface area contributed by atoms with Crippen molar-refractivity contribution in [3.63, 3.8) is 0 Å². The highest BCUT2D eigenvalue weighted by molar-refractivity contribution is 5.99. The molecule has 8 heteroatoms. The Labute approximate surface area is 142 Å². The van der Waals surface area contributed by atoms with Gasteiger partial charge in [-0.2, -0.15) is 5.26 Å². The predicted octanol–water partition coefficient (Wildman–Crippen LogP) is 1.03. The number of hydrogen-bond donors (Lipinski definition) is 0. The van der Waals surface area contributed by atoms with Gasteiger partial charge in [0.05, 0.1) is 18.1 Å². The van der Waals surface area contributed by atoms with Crippen LogP contribution in [0.5, 0.6) is 0 Å². The summed E-state index contributed by atoms with van der Waals surface area (Å²) in [5.74, 6) is -1.53. The van der Waals surface area contributed by atoms with E-state index >= 15 is 0 Å². The fraction of sp³-hybridized carbons (Fsp3) is 0.294. The van der Waals surface area contributed by atoms with E-state index in [2.05, 4.69) is 0 Å². The van der Waals surface area contributed by atoms with E-state index in [1.807, 2.05) is 6.07 Å². The minimum atomic E-state index is -1.14. The zero-order valence-corrected chi connectivity index (χ0v) is 13.3. The van der Waals surface area contributed by atoms with E-state index in [1.54, 1.807) is 36.1 Å². The summed E-state index contributed by atoms with van der Waals surface area (Å²) in [7, 11) is 0. The molecule has 25 heavy (non-hydrogen) atoms. The number of allylic oxidation sites excluding steroid dienone is 1. The Hall–Kier alpha value is -3.34. The van der Waals surface area contributed by atoms with E-state index in [1.165, 1.54) is 4.90 Å². The van der Waals surface area contributed by atoms with Crippen LogP contribution >= 0.6 is 0 Å². The molecule has 0 saturated carbocycles. The zero-order chi connectivity index (χ0) is 17.7. The first-order chi connectivity index (χ1) is 12.0. The van der Waals surface area contributed by atoms with Crippen LogP contribution in [0.4, 0.5) is 0 Å². The van der Waals surface area contributed by atoms with Gasteiger partial charge in [0, 0.05) is 11.3 Å². The van der Waals surface area contributed by atoms with Crippen LogP contribution in [0.3, 0.4) is 0 Å². The van der Waals surface area contributed by atoms with Gasteiger partial charge in [-0.05, 0) is 13.0 Å². The van der Waals surface area contributed by atoms with E-state index in [9.17, 15) is 14.4 Å². The molecule has 1 aromatic rings. The molecule has 0 radical (unpaired) electrons. The highest BCUT2D eigenvalue weighted by Gasteiger charge is 2.51. The van der Waals surface area contributed by atoms with E-state index < -0.39 is 18.2 Å². The van der Waals surface area contributed by atoms with Crippen molar-refractivity contribution in [3.05, 3.63) is 46.8 Å². The number of benzene rings is 1. The van der Waals surface area contributed by atoms with Crippen LogP contribution in [0.1, 0.15) is 35.6 Å². The third kappa shape index (κ3) is 2.09. The van der Waals surface area contributed by atoms with Crippen molar-refractivity contribution in [2.75, 3.05) is 6.54 Å². The van der Waals surface area contributed by atoms with E-state index in [0.29, 0.717) is 16.8 Å². The lowest BCUT2D eigenvalue weighted by molar-refractivity contribution is -0.168. The van der Waals surface area contributed by atoms with Crippen LogP contribution in [0, 0.1) is 11.3 Å². The zero-order valence-electron chi connectivity index (χ0n) is 13.3. The Balaban J connectivity index is 1.60. The third-order valence-corrected chi connectivity index (χ3v) is 4.60. The van der Waals surface area contributed by atoms with Gasteiger partial charge in [-0.25, -0.2) is 9.59 Å². The quantitative estimate of drug-likeness (QED) is 0.460. The summed E-state index contributed by atoms with van der Waals surface area (Å²) < 4.78 is 10.5. The largest absolute Gasteiger partial charge is 0.417 e. The molecule has 126 valence electrons. The van der Waals surface area contributed by atoms with Gasteiger partial charge < -0.3 is 14.4 Å². The monoisotopic (exact) mass is 339 g/mol. The number of rotatable bonds is 3. The van der Waals surface area contributed by atoms with Gasteiger partial charge in [-0.1, -0.05) is 18.2 Å². The Morgan fingerprint density at radius 1 is 1.40 bits per heavy atom. The van der Waals surface area contributed by atoms with Crippen LogP contribution in [0.25, 0.3) is 0 Å². The smallest absolute Gasteiger partial charge is 0.360 e. The molecule has 3 aliphatic heterocycles. The van der Waals surface area contributed by atoms with E-state index in [-0.39, 0.29) is 30.7 Å². The number of nitriles is 1. The number of carbonyl (C=O) groups is 3. The molecule has 8 nitrogen and oxygen atoms in total. The molecule has 1 fully saturated rings. The number of ether oxygens (including phenoxy) is 2. The van der Waals surface area contributed by atoms with Gasteiger partial charge in [0.1, 0.15) is 12.7 Å². The van der Waals surface area contributed by atoms with Gasteiger partial charge in [0.15, 0.2) is 5.70 Å². The van der Waals surface area contributed by atoms with Gasteiger partial charge in [-0.3, -0.25) is 9.69 Å². The second-order valence-corrected chi connectivity index (χ2v) is 5.90. The summed E-state index contributed by atoms with van der Waals surface area (Å²) in [5, 5.41) is 8.94. The fourth-order valence-electron chi connectivity index (χ4n) is 3.36. The maximum absolute atomic E-state index is 12.6. The van der Waals surface area contributed by atoms with Gasteiger partial charge >= 0.3 is 11.9 Å². The topological polar surface area (TPSA) is 99.9 Å². The third-order valence-electron chi connectivity index (χ3n) is 4.60. The van der Waals surface area contributed by atoms with Crippen LogP contribution in [0.2, 0.25) is 0 Å². The number of carbonyl (C=O) groups excluding carboxylic acids is 3. The number of β-lactam (4-membered cyclic amide) rings is 1.